The maximum atomic E-state index is 11.9. The van der Waals surface area contributed by atoms with Gasteiger partial charge in [-0.25, -0.2) is 0 Å². The topological polar surface area (TPSA) is 49.3 Å². The summed E-state index contributed by atoms with van der Waals surface area (Å²) >= 11 is 3.41. The molecule has 1 amide bonds. The molecule has 0 saturated carbocycles. The second-order valence-corrected chi connectivity index (χ2v) is 5.26. The average molecular weight is 314 g/mol. The zero-order valence-corrected chi connectivity index (χ0v) is 12.5. The highest BCUT2D eigenvalue weighted by Gasteiger charge is 2.10. The summed E-state index contributed by atoms with van der Waals surface area (Å²) in [6.07, 6.45) is 2.10. The van der Waals surface area contributed by atoms with Gasteiger partial charge in [0.25, 0.3) is 5.91 Å². The first-order valence-electron chi connectivity index (χ1n) is 6.22. The summed E-state index contributed by atoms with van der Waals surface area (Å²) < 4.78 is 0. The first-order valence-corrected chi connectivity index (χ1v) is 7.34. The lowest BCUT2D eigenvalue weighted by molar-refractivity contribution is 0.0946. The molecule has 0 spiro atoms. The van der Waals surface area contributed by atoms with Crippen LogP contribution in [0.2, 0.25) is 0 Å². The standard InChI is InChI=1S/C14H20BrNO2/c1-3-11(6-7-15)9-16-14(18)12-5-4-10(2)13(17)8-12/h4-5,8,11,17H,3,6-7,9H2,1-2H3,(H,16,18). The second kappa shape index (κ2) is 7.41. The zero-order valence-electron chi connectivity index (χ0n) is 10.9. The second-order valence-electron chi connectivity index (χ2n) is 4.46. The van der Waals surface area contributed by atoms with E-state index in [1.165, 1.54) is 6.07 Å². The number of amides is 1. The fourth-order valence-electron chi connectivity index (χ4n) is 1.69. The van der Waals surface area contributed by atoms with Crippen LogP contribution in [0.3, 0.4) is 0 Å². The third kappa shape index (κ3) is 4.33. The highest BCUT2D eigenvalue weighted by atomic mass is 79.9. The van der Waals surface area contributed by atoms with Gasteiger partial charge in [0.05, 0.1) is 0 Å². The van der Waals surface area contributed by atoms with Gasteiger partial charge in [0.15, 0.2) is 0 Å². The van der Waals surface area contributed by atoms with Gasteiger partial charge >= 0.3 is 0 Å². The van der Waals surface area contributed by atoms with Gasteiger partial charge in [0.1, 0.15) is 5.75 Å². The number of carbonyl (C=O) groups is 1. The lowest BCUT2D eigenvalue weighted by atomic mass is 10.0. The monoisotopic (exact) mass is 313 g/mol. The Morgan fingerprint density at radius 2 is 2.22 bits per heavy atom. The van der Waals surface area contributed by atoms with Crippen LogP contribution in [0.4, 0.5) is 0 Å². The Kier molecular flexibility index (Phi) is 6.19. The van der Waals surface area contributed by atoms with E-state index >= 15 is 0 Å². The maximum absolute atomic E-state index is 11.9. The third-order valence-electron chi connectivity index (χ3n) is 3.12. The van der Waals surface area contributed by atoms with Crippen LogP contribution in [-0.2, 0) is 0 Å². The number of rotatable bonds is 6. The molecular formula is C14H20BrNO2. The summed E-state index contributed by atoms with van der Waals surface area (Å²) in [6.45, 7) is 4.60. The molecule has 1 rings (SSSR count). The van der Waals surface area contributed by atoms with Crippen LogP contribution in [0, 0.1) is 12.8 Å². The molecule has 0 fully saturated rings. The van der Waals surface area contributed by atoms with Gasteiger partial charge in [-0.05, 0) is 37.0 Å². The molecule has 1 aromatic carbocycles. The SMILES string of the molecule is CCC(CCBr)CNC(=O)c1ccc(C)c(O)c1. The minimum absolute atomic E-state index is 0.127. The lowest BCUT2D eigenvalue weighted by Crippen LogP contribution is -2.29. The Morgan fingerprint density at radius 1 is 1.50 bits per heavy atom. The molecule has 3 nitrogen and oxygen atoms in total. The fourth-order valence-corrected chi connectivity index (χ4v) is 2.34. The summed E-state index contributed by atoms with van der Waals surface area (Å²) in [4.78, 5) is 11.9. The summed E-state index contributed by atoms with van der Waals surface area (Å²) in [5, 5.41) is 13.4. The number of nitrogens with one attached hydrogen (secondary N) is 1. The van der Waals surface area contributed by atoms with Gasteiger partial charge in [-0.3, -0.25) is 4.79 Å². The van der Waals surface area contributed by atoms with Crippen molar-refractivity contribution < 1.29 is 9.90 Å². The number of phenols is 1. The highest BCUT2D eigenvalue weighted by molar-refractivity contribution is 9.09. The van der Waals surface area contributed by atoms with Crippen LogP contribution in [0.15, 0.2) is 18.2 Å². The smallest absolute Gasteiger partial charge is 0.251 e. The maximum Gasteiger partial charge on any atom is 0.251 e. The van der Waals surface area contributed by atoms with Crippen LogP contribution < -0.4 is 5.32 Å². The molecule has 0 aliphatic carbocycles. The van der Waals surface area contributed by atoms with E-state index in [2.05, 4.69) is 28.2 Å². The van der Waals surface area contributed by atoms with Crippen LogP contribution in [0.1, 0.15) is 35.7 Å². The number of halogens is 1. The Morgan fingerprint density at radius 3 is 2.78 bits per heavy atom. The molecule has 1 aromatic rings. The minimum atomic E-state index is -0.127. The molecule has 0 radical (unpaired) electrons. The van der Waals surface area contributed by atoms with E-state index in [1.54, 1.807) is 19.1 Å². The zero-order chi connectivity index (χ0) is 13.5. The fraction of sp³-hybridized carbons (Fsp3) is 0.500. The van der Waals surface area contributed by atoms with Gasteiger partial charge in [-0.15, -0.1) is 0 Å². The van der Waals surface area contributed by atoms with E-state index in [0.29, 0.717) is 18.0 Å². The lowest BCUT2D eigenvalue weighted by Gasteiger charge is -2.14. The Bertz CT molecular complexity index is 407. The Balaban J connectivity index is 2.57. The number of hydrogen-bond donors (Lipinski definition) is 2. The van der Waals surface area contributed by atoms with E-state index in [-0.39, 0.29) is 11.7 Å². The minimum Gasteiger partial charge on any atom is -0.508 e. The molecule has 1 atom stereocenters. The number of carbonyl (C=O) groups excluding carboxylic acids is 1. The largest absolute Gasteiger partial charge is 0.508 e. The van der Waals surface area contributed by atoms with Crippen molar-refractivity contribution in [3.05, 3.63) is 29.3 Å². The van der Waals surface area contributed by atoms with Crippen molar-refractivity contribution in [1.29, 1.82) is 0 Å². The summed E-state index contributed by atoms with van der Waals surface area (Å²) in [5.74, 6) is 0.529. The summed E-state index contributed by atoms with van der Waals surface area (Å²) in [7, 11) is 0. The molecule has 4 heteroatoms. The number of hydrogen-bond acceptors (Lipinski definition) is 2. The molecule has 2 N–H and O–H groups in total. The summed E-state index contributed by atoms with van der Waals surface area (Å²) in [5.41, 5.74) is 1.28. The van der Waals surface area contributed by atoms with Crippen molar-refractivity contribution >= 4 is 21.8 Å². The molecule has 0 bridgehead atoms. The van der Waals surface area contributed by atoms with E-state index in [1.807, 2.05) is 0 Å². The Labute approximate surface area is 117 Å². The normalized spacial score (nSPS) is 12.2. The van der Waals surface area contributed by atoms with Crippen molar-refractivity contribution in [1.82, 2.24) is 5.32 Å². The summed E-state index contributed by atoms with van der Waals surface area (Å²) in [6, 6.07) is 4.99. The van der Waals surface area contributed by atoms with Crippen LogP contribution in [0.25, 0.3) is 0 Å². The van der Waals surface area contributed by atoms with Crippen molar-refractivity contribution in [3.8, 4) is 5.75 Å². The molecule has 1 unspecified atom stereocenters. The van der Waals surface area contributed by atoms with E-state index < -0.39 is 0 Å². The van der Waals surface area contributed by atoms with Gasteiger partial charge < -0.3 is 10.4 Å². The molecule has 0 aromatic heterocycles. The molecule has 0 aliphatic rings. The number of benzene rings is 1. The molecule has 0 aliphatic heterocycles. The van der Waals surface area contributed by atoms with Crippen molar-refractivity contribution in [3.63, 3.8) is 0 Å². The molecule has 0 heterocycles. The van der Waals surface area contributed by atoms with E-state index in [0.717, 1.165) is 23.7 Å². The number of phenolic OH excluding ortho intramolecular Hbond substituents is 1. The van der Waals surface area contributed by atoms with Crippen LogP contribution in [-0.4, -0.2) is 22.9 Å². The molecule has 100 valence electrons. The average Bonchev–Trinajstić information content (AvgIpc) is 2.37. The van der Waals surface area contributed by atoms with Crippen molar-refractivity contribution in [2.75, 3.05) is 11.9 Å². The molecule has 18 heavy (non-hydrogen) atoms. The number of alkyl halides is 1. The van der Waals surface area contributed by atoms with Crippen molar-refractivity contribution in [2.24, 2.45) is 5.92 Å². The van der Waals surface area contributed by atoms with Gasteiger partial charge in [0, 0.05) is 17.4 Å². The van der Waals surface area contributed by atoms with E-state index in [9.17, 15) is 9.90 Å². The first kappa shape index (κ1) is 15.0. The van der Waals surface area contributed by atoms with Crippen LogP contribution >= 0.6 is 15.9 Å². The van der Waals surface area contributed by atoms with Gasteiger partial charge in [-0.2, -0.15) is 0 Å². The van der Waals surface area contributed by atoms with Crippen LogP contribution in [0.5, 0.6) is 5.75 Å². The number of aromatic hydroxyl groups is 1. The quantitative estimate of drug-likeness (QED) is 0.792. The Hall–Kier alpha value is -1.03. The van der Waals surface area contributed by atoms with Crippen molar-refractivity contribution in [2.45, 2.75) is 26.7 Å². The van der Waals surface area contributed by atoms with Gasteiger partial charge in [-0.1, -0.05) is 35.3 Å². The third-order valence-corrected chi connectivity index (χ3v) is 3.58. The highest BCUT2D eigenvalue weighted by Crippen LogP contribution is 2.17. The first-order chi connectivity index (χ1) is 8.58. The van der Waals surface area contributed by atoms with Gasteiger partial charge in [0.2, 0.25) is 0 Å². The predicted octanol–water partition coefficient (Wildman–Crippen LogP) is 3.24. The predicted molar refractivity (Wildman–Crippen MR) is 77.4 cm³/mol. The van der Waals surface area contributed by atoms with E-state index in [4.69, 9.17) is 0 Å². The number of aryl methyl sites for hydroxylation is 1. The molecule has 0 saturated heterocycles. The molecular weight excluding hydrogens is 294 g/mol.